The highest BCUT2D eigenvalue weighted by atomic mass is 16.6. The molecule has 7 atom stereocenters. The van der Waals surface area contributed by atoms with Crippen LogP contribution in [0.25, 0.3) is 0 Å². The van der Waals surface area contributed by atoms with E-state index < -0.39 is 22.5 Å². The van der Waals surface area contributed by atoms with Gasteiger partial charge in [0.25, 0.3) is 0 Å². The molecular weight excluding hydrogens is 360 g/mol. The van der Waals surface area contributed by atoms with Crippen LogP contribution in [-0.2, 0) is 23.9 Å². The second-order valence-electron chi connectivity index (χ2n) is 9.93. The molecule has 0 spiro atoms. The Morgan fingerprint density at radius 2 is 1.93 bits per heavy atom. The van der Waals surface area contributed by atoms with Gasteiger partial charge in [-0.25, -0.2) is 0 Å². The number of rotatable bonds is 1. The number of fused-ring (bicyclic) bond motifs is 1. The molecule has 0 amide bonds. The highest BCUT2D eigenvalue weighted by Crippen LogP contribution is 2.61. The minimum Gasteiger partial charge on any atom is -0.462 e. The van der Waals surface area contributed by atoms with Gasteiger partial charge in [0.1, 0.15) is 18.0 Å². The number of aliphatic hydroxyl groups is 1. The minimum absolute atomic E-state index is 0.152. The fourth-order valence-electron chi connectivity index (χ4n) is 6.39. The Morgan fingerprint density at radius 1 is 1.25 bits per heavy atom. The van der Waals surface area contributed by atoms with E-state index in [9.17, 15) is 19.5 Å². The number of aliphatic hydroxyl groups excluding tert-OH is 1. The average Bonchev–Trinajstić information content (AvgIpc) is 3.31. The molecular formula is C22H30O6. The molecule has 1 heterocycles. The van der Waals surface area contributed by atoms with E-state index in [1.54, 1.807) is 0 Å². The molecule has 0 radical (unpaired) electrons. The molecule has 4 fully saturated rings. The first-order valence-corrected chi connectivity index (χ1v) is 10.3. The molecule has 3 aliphatic carbocycles. The van der Waals surface area contributed by atoms with Gasteiger partial charge in [0.2, 0.25) is 0 Å². The molecule has 6 nitrogen and oxygen atoms in total. The van der Waals surface area contributed by atoms with Gasteiger partial charge in [0.15, 0.2) is 11.4 Å². The van der Waals surface area contributed by atoms with Gasteiger partial charge in [-0.2, -0.15) is 0 Å². The van der Waals surface area contributed by atoms with Crippen molar-refractivity contribution in [3.63, 3.8) is 0 Å². The van der Waals surface area contributed by atoms with E-state index in [-0.39, 0.29) is 48.0 Å². The number of carbonyl (C=O) groups excluding carboxylic acids is 3. The maximum Gasteiger partial charge on any atom is 0.302 e. The fraction of sp³-hybridized carbons (Fsp3) is 0.773. The quantitative estimate of drug-likeness (QED) is 0.420. The number of hydrogen-bond donors (Lipinski definition) is 1. The Hall–Kier alpha value is -1.53. The summed E-state index contributed by atoms with van der Waals surface area (Å²) in [4.78, 5) is 37.8. The molecule has 4 aliphatic rings. The van der Waals surface area contributed by atoms with Gasteiger partial charge in [-0.15, -0.1) is 0 Å². The Kier molecular flexibility index (Phi) is 4.23. The third-order valence-electron chi connectivity index (χ3n) is 8.15. The van der Waals surface area contributed by atoms with E-state index in [1.165, 1.54) is 6.92 Å². The Morgan fingerprint density at radius 3 is 2.57 bits per heavy atom. The maximum atomic E-state index is 13.3. The van der Waals surface area contributed by atoms with E-state index >= 15 is 0 Å². The first-order chi connectivity index (χ1) is 13.0. The smallest absolute Gasteiger partial charge is 0.302 e. The van der Waals surface area contributed by atoms with Crippen LogP contribution >= 0.6 is 0 Å². The molecule has 1 N–H and O–H groups in total. The van der Waals surface area contributed by atoms with Gasteiger partial charge in [0, 0.05) is 30.1 Å². The number of hydrogen-bond acceptors (Lipinski definition) is 6. The lowest BCUT2D eigenvalue weighted by Crippen LogP contribution is -2.56. The summed E-state index contributed by atoms with van der Waals surface area (Å²) < 4.78 is 11.4. The third kappa shape index (κ3) is 2.43. The molecule has 0 aromatic rings. The van der Waals surface area contributed by atoms with E-state index in [0.717, 1.165) is 0 Å². The SMILES string of the molecule is C=C1C(=O)[C@@]23O[C@H]2[C@H]1CCC(=O)[C@]1(C)CC[C@H](OC(C)=O)C(C)(C)[C@H]1C[C@@H]3O. The molecule has 1 saturated heterocycles. The van der Waals surface area contributed by atoms with Crippen molar-refractivity contribution in [3.05, 3.63) is 12.2 Å². The van der Waals surface area contributed by atoms with Crippen LogP contribution in [0.4, 0.5) is 0 Å². The topological polar surface area (TPSA) is 93.2 Å². The summed E-state index contributed by atoms with van der Waals surface area (Å²) in [6, 6.07) is 0. The Labute approximate surface area is 165 Å². The van der Waals surface area contributed by atoms with Crippen LogP contribution in [0.3, 0.4) is 0 Å². The fourth-order valence-corrected chi connectivity index (χ4v) is 6.39. The van der Waals surface area contributed by atoms with E-state index in [4.69, 9.17) is 9.47 Å². The summed E-state index contributed by atoms with van der Waals surface area (Å²) in [6.07, 6.45) is 0.662. The number of esters is 1. The van der Waals surface area contributed by atoms with Gasteiger partial charge < -0.3 is 14.6 Å². The van der Waals surface area contributed by atoms with Crippen molar-refractivity contribution in [2.24, 2.45) is 22.7 Å². The standard InChI is InChI=1S/C22H30O6/c1-11-13-6-7-15(24)21(5)9-8-17(27-12(2)23)20(3,4)14(21)10-16(25)22(18(11)26)19(13)28-22/h13-14,16-17,19,25H,1,6-10H2,2-5H3/t13-,14+,16-,17-,19-,21+,22+/m0/s1. The largest absolute Gasteiger partial charge is 0.462 e. The average molecular weight is 390 g/mol. The minimum atomic E-state index is -1.19. The van der Waals surface area contributed by atoms with E-state index in [0.29, 0.717) is 31.3 Å². The second kappa shape index (κ2) is 5.99. The summed E-state index contributed by atoms with van der Waals surface area (Å²) in [5.74, 6) is -0.826. The van der Waals surface area contributed by atoms with Crippen LogP contribution < -0.4 is 0 Å². The van der Waals surface area contributed by atoms with Gasteiger partial charge in [0.05, 0.1) is 6.10 Å². The van der Waals surface area contributed by atoms with Gasteiger partial charge >= 0.3 is 5.97 Å². The molecule has 3 saturated carbocycles. The molecule has 154 valence electrons. The summed E-state index contributed by atoms with van der Waals surface area (Å²) in [5.41, 5.74) is -1.86. The van der Waals surface area contributed by atoms with Crippen molar-refractivity contribution in [2.75, 3.05) is 0 Å². The molecule has 0 aromatic carbocycles. The van der Waals surface area contributed by atoms with Gasteiger partial charge in [-0.3, -0.25) is 14.4 Å². The number of ether oxygens (including phenoxy) is 2. The van der Waals surface area contributed by atoms with Crippen LogP contribution in [0.2, 0.25) is 0 Å². The Bertz CT molecular complexity index is 769. The first kappa shape index (κ1) is 19.8. The number of ketones is 2. The highest BCUT2D eigenvalue weighted by molar-refractivity contribution is 6.08. The molecule has 4 rings (SSSR count). The zero-order valence-electron chi connectivity index (χ0n) is 17.1. The van der Waals surface area contributed by atoms with Gasteiger partial charge in [-0.05, 0) is 37.2 Å². The summed E-state index contributed by atoms with van der Waals surface area (Å²) in [5, 5.41) is 11.1. The van der Waals surface area contributed by atoms with Crippen molar-refractivity contribution in [1.29, 1.82) is 0 Å². The zero-order valence-corrected chi connectivity index (χ0v) is 17.1. The molecule has 0 aromatic heterocycles. The van der Waals surface area contributed by atoms with Crippen LogP contribution in [0, 0.1) is 22.7 Å². The molecule has 6 heteroatoms. The Balaban J connectivity index is 1.74. The first-order valence-electron chi connectivity index (χ1n) is 10.3. The van der Waals surface area contributed by atoms with Crippen molar-refractivity contribution < 1.29 is 29.0 Å². The molecule has 28 heavy (non-hydrogen) atoms. The summed E-state index contributed by atoms with van der Waals surface area (Å²) in [6.45, 7) is 11.3. The monoisotopic (exact) mass is 390 g/mol. The lowest BCUT2D eigenvalue weighted by molar-refractivity contribution is -0.174. The molecule has 2 bridgehead atoms. The van der Waals surface area contributed by atoms with E-state index in [1.807, 2.05) is 20.8 Å². The number of epoxide rings is 1. The van der Waals surface area contributed by atoms with Crippen LogP contribution in [-0.4, -0.2) is 46.6 Å². The van der Waals surface area contributed by atoms with Crippen molar-refractivity contribution in [2.45, 2.75) is 83.7 Å². The molecule has 1 aliphatic heterocycles. The predicted octanol–water partition coefficient (Wildman–Crippen LogP) is 2.37. The third-order valence-corrected chi connectivity index (χ3v) is 8.15. The van der Waals surface area contributed by atoms with Gasteiger partial charge in [-0.1, -0.05) is 27.4 Å². The number of carbonyl (C=O) groups is 3. The lowest BCUT2D eigenvalue weighted by Gasteiger charge is -2.54. The normalized spacial score (nSPS) is 47.2. The number of Topliss-reactive ketones (excluding diaryl/α,β-unsaturated/α-hetero) is 2. The van der Waals surface area contributed by atoms with Crippen molar-refractivity contribution in [3.8, 4) is 0 Å². The zero-order chi connectivity index (χ0) is 20.6. The summed E-state index contributed by atoms with van der Waals surface area (Å²) in [7, 11) is 0. The van der Waals surface area contributed by atoms with E-state index in [2.05, 4.69) is 6.58 Å². The van der Waals surface area contributed by atoms with Crippen LogP contribution in [0.5, 0.6) is 0 Å². The van der Waals surface area contributed by atoms with Crippen molar-refractivity contribution >= 4 is 17.5 Å². The summed E-state index contributed by atoms with van der Waals surface area (Å²) >= 11 is 0. The van der Waals surface area contributed by atoms with Crippen LogP contribution in [0.15, 0.2) is 12.2 Å². The molecule has 0 unspecified atom stereocenters. The van der Waals surface area contributed by atoms with Crippen LogP contribution in [0.1, 0.15) is 59.8 Å². The lowest BCUT2D eigenvalue weighted by atomic mass is 9.51. The second-order valence-corrected chi connectivity index (χ2v) is 9.93. The van der Waals surface area contributed by atoms with Crippen molar-refractivity contribution in [1.82, 2.24) is 0 Å². The maximum absolute atomic E-state index is 13.3. The highest BCUT2D eigenvalue weighted by Gasteiger charge is 2.75. The predicted molar refractivity (Wildman–Crippen MR) is 100 cm³/mol.